The SMILES string of the molecule is COc1c(C=O)c(O)c(C)c(O)c1C(=O)CC(C)C. The number of phenolic OH excluding ortho intramolecular Hbond substituents is 2. The molecule has 0 radical (unpaired) electrons. The van der Waals surface area contributed by atoms with Crippen molar-refractivity contribution in [2.75, 3.05) is 7.11 Å². The number of phenols is 2. The summed E-state index contributed by atoms with van der Waals surface area (Å²) in [4.78, 5) is 23.2. The number of rotatable bonds is 5. The van der Waals surface area contributed by atoms with Crippen LogP contribution in [0.25, 0.3) is 0 Å². The highest BCUT2D eigenvalue weighted by atomic mass is 16.5. The molecule has 0 aliphatic rings. The van der Waals surface area contributed by atoms with Gasteiger partial charge in [-0.1, -0.05) is 13.8 Å². The van der Waals surface area contributed by atoms with E-state index in [-0.39, 0.29) is 52.1 Å². The van der Waals surface area contributed by atoms with E-state index >= 15 is 0 Å². The first kappa shape index (κ1) is 15.0. The summed E-state index contributed by atoms with van der Waals surface area (Å²) in [6.07, 6.45) is 0.624. The van der Waals surface area contributed by atoms with Gasteiger partial charge in [0, 0.05) is 12.0 Å². The molecular formula is C14H18O5. The summed E-state index contributed by atoms with van der Waals surface area (Å²) in [5.74, 6) is -1.02. The van der Waals surface area contributed by atoms with Crippen molar-refractivity contribution in [3.8, 4) is 17.2 Å². The van der Waals surface area contributed by atoms with Gasteiger partial charge in [0.1, 0.15) is 22.8 Å². The van der Waals surface area contributed by atoms with E-state index in [0.29, 0.717) is 6.29 Å². The van der Waals surface area contributed by atoms with Crippen molar-refractivity contribution in [3.05, 3.63) is 16.7 Å². The molecule has 0 spiro atoms. The van der Waals surface area contributed by atoms with Crippen LogP contribution in [-0.2, 0) is 0 Å². The minimum atomic E-state index is -0.370. The molecule has 19 heavy (non-hydrogen) atoms. The molecule has 0 amide bonds. The summed E-state index contributed by atoms with van der Waals surface area (Å²) < 4.78 is 5.01. The van der Waals surface area contributed by atoms with Gasteiger partial charge in [-0.25, -0.2) is 0 Å². The molecule has 0 saturated carbocycles. The first-order valence-corrected chi connectivity index (χ1v) is 5.95. The van der Waals surface area contributed by atoms with Gasteiger partial charge in [-0.3, -0.25) is 9.59 Å². The molecule has 1 rings (SSSR count). The van der Waals surface area contributed by atoms with Crippen LogP contribution in [0.4, 0.5) is 0 Å². The van der Waals surface area contributed by atoms with Gasteiger partial charge >= 0.3 is 0 Å². The third kappa shape index (κ3) is 2.70. The lowest BCUT2D eigenvalue weighted by Crippen LogP contribution is -2.09. The van der Waals surface area contributed by atoms with Gasteiger partial charge in [0.15, 0.2) is 12.1 Å². The van der Waals surface area contributed by atoms with Gasteiger partial charge in [-0.05, 0) is 12.8 Å². The molecule has 5 nitrogen and oxygen atoms in total. The molecule has 0 bridgehead atoms. The number of methoxy groups -OCH3 is 1. The Morgan fingerprint density at radius 3 is 2.32 bits per heavy atom. The second-order valence-corrected chi connectivity index (χ2v) is 4.78. The molecule has 0 atom stereocenters. The number of ketones is 1. The van der Waals surface area contributed by atoms with Crippen LogP contribution in [-0.4, -0.2) is 29.4 Å². The zero-order valence-corrected chi connectivity index (χ0v) is 11.5. The Morgan fingerprint density at radius 1 is 1.32 bits per heavy atom. The highest BCUT2D eigenvalue weighted by Crippen LogP contribution is 2.41. The molecule has 0 aliphatic heterocycles. The summed E-state index contributed by atoms with van der Waals surface area (Å²) >= 11 is 0. The molecule has 104 valence electrons. The third-order valence-corrected chi connectivity index (χ3v) is 2.87. The lowest BCUT2D eigenvalue weighted by molar-refractivity contribution is 0.0962. The van der Waals surface area contributed by atoms with E-state index in [2.05, 4.69) is 0 Å². The van der Waals surface area contributed by atoms with E-state index in [0.717, 1.165) is 0 Å². The fourth-order valence-electron chi connectivity index (χ4n) is 1.90. The molecule has 0 aromatic heterocycles. The van der Waals surface area contributed by atoms with Crippen LogP contribution < -0.4 is 4.74 Å². The predicted octanol–water partition coefficient (Wildman–Crippen LogP) is 2.46. The zero-order chi connectivity index (χ0) is 14.7. The topological polar surface area (TPSA) is 83.8 Å². The van der Waals surface area contributed by atoms with E-state index in [1.54, 1.807) is 0 Å². The van der Waals surface area contributed by atoms with Gasteiger partial charge in [0.2, 0.25) is 0 Å². The first-order chi connectivity index (χ1) is 8.84. The van der Waals surface area contributed by atoms with Crippen LogP contribution in [0.2, 0.25) is 0 Å². The summed E-state index contributed by atoms with van der Waals surface area (Å²) in [6.45, 7) is 5.17. The molecule has 0 unspecified atom stereocenters. The standard InChI is InChI=1S/C14H18O5/c1-7(2)5-10(16)11-13(18)8(3)12(17)9(6-15)14(11)19-4/h6-7,17-18H,5H2,1-4H3. The molecule has 0 fully saturated rings. The van der Waals surface area contributed by atoms with Crippen LogP contribution in [0.15, 0.2) is 0 Å². The van der Waals surface area contributed by atoms with Crippen molar-refractivity contribution in [1.29, 1.82) is 0 Å². The summed E-state index contributed by atoms with van der Waals surface area (Å²) in [6, 6.07) is 0. The maximum absolute atomic E-state index is 12.1. The van der Waals surface area contributed by atoms with Crippen molar-refractivity contribution < 1.29 is 24.5 Å². The molecule has 2 N–H and O–H groups in total. The minimum absolute atomic E-state index is 0.0476. The average Bonchev–Trinajstić information content (AvgIpc) is 2.34. The van der Waals surface area contributed by atoms with Crippen LogP contribution in [0, 0.1) is 12.8 Å². The number of benzene rings is 1. The maximum atomic E-state index is 12.1. The molecule has 0 aliphatic carbocycles. The monoisotopic (exact) mass is 266 g/mol. The van der Waals surface area contributed by atoms with Crippen LogP contribution >= 0.6 is 0 Å². The minimum Gasteiger partial charge on any atom is -0.507 e. The van der Waals surface area contributed by atoms with Gasteiger partial charge in [-0.15, -0.1) is 0 Å². The summed E-state index contributed by atoms with van der Waals surface area (Å²) in [5.41, 5.74) is -0.0755. The average molecular weight is 266 g/mol. The highest BCUT2D eigenvalue weighted by Gasteiger charge is 2.26. The molecule has 5 heteroatoms. The Labute approximate surface area is 111 Å². The van der Waals surface area contributed by atoms with Gasteiger partial charge in [0.05, 0.1) is 12.7 Å². The third-order valence-electron chi connectivity index (χ3n) is 2.87. The van der Waals surface area contributed by atoms with E-state index in [1.165, 1.54) is 14.0 Å². The number of aromatic hydroxyl groups is 2. The predicted molar refractivity (Wildman–Crippen MR) is 70.2 cm³/mol. The number of Topliss-reactive ketones (excluding diaryl/α,β-unsaturated/α-hetero) is 1. The number of ether oxygens (including phenoxy) is 1. The van der Waals surface area contributed by atoms with Crippen molar-refractivity contribution in [1.82, 2.24) is 0 Å². The largest absolute Gasteiger partial charge is 0.507 e. The Kier molecular flexibility index (Phi) is 4.53. The van der Waals surface area contributed by atoms with E-state index in [1.807, 2.05) is 13.8 Å². The first-order valence-electron chi connectivity index (χ1n) is 5.95. The Bertz CT molecular complexity index is 517. The fraction of sp³-hybridized carbons (Fsp3) is 0.429. The van der Waals surface area contributed by atoms with Crippen molar-refractivity contribution in [2.24, 2.45) is 5.92 Å². The Hall–Kier alpha value is -2.04. The second kappa shape index (κ2) is 5.73. The van der Waals surface area contributed by atoms with Crippen LogP contribution in [0.3, 0.4) is 0 Å². The van der Waals surface area contributed by atoms with Crippen molar-refractivity contribution in [2.45, 2.75) is 27.2 Å². The number of carbonyl (C=O) groups excluding carboxylic acids is 2. The number of hydrogen-bond acceptors (Lipinski definition) is 5. The fourth-order valence-corrected chi connectivity index (χ4v) is 1.90. The molecule has 1 aromatic rings. The summed E-state index contributed by atoms with van der Waals surface area (Å²) in [7, 11) is 1.28. The quantitative estimate of drug-likeness (QED) is 0.631. The number of carbonyl (C=O) groups is 2. The van der Waals surface area contributed by atoms with Crippen molar-refractivity contribution in [3.63, 3.8) is 0 Å². The van der Waals surface area contributed by atoms with Gasteiger partial charge in [-0.2, -0.15) is 0 Å². The number of aldehydes is 1. The Balaban J connectivity index is 3.57. The van der Waals surface area contributed by atoms with Gasteiger partial charge in [0.25, 0.3) is 0 Å². The normalized spacial score (nSPS) is 10.6. The Morgan fingerprint density at radius 2 is 1.89 bits per heavy atom. The zero-order valence-electron chi connectivity index (χ0n) is 11.5. The lowest BCUT2D eigenvalue weighted by atomic mass is 9.94. The van der Waals surface area contributed by atoms with E-state index < -0.39 is 0 Å². The molecular weight excluding hydrogens is 248 g/mol. The van der Waals surface area contributed by atoms with Crippen molar-refractivity contribution >= 4 is 12.1 Å². The van der Waals surface area contributed by atoms with E-state index in [4.69, 9.17) is 4.74 Å². The second-order valence-electron chi connectivity index (χ2n) is 4.78. The number of hydrogen-bond donors (Lipinski definition) is 2. The molecule has 1 aromatic carbocycles. The maximum Gasteiger partial charge on any atom is 0.170 e. The van der Waals surface area contributed by atoms with Gasteiger partial charge < -0.3 is 14.9 Å². The lowest BCUT2D eigenvalue weighted by Gasteiger charge is -2.16. The molecule has 0 saturated heterocycles. The van der Waals surface area contributed by atoms with Crippen LogP contribution in [0.5, 0.6) is 17.2 Å². The smallest absolute Gasteiger partial charge is 0.170 e. The highest BCUT2D eigenvalue weighted by molar-refractivity contribution is 6.05. The molecule has 0 heterocycles. The van der Waals surface area contributed by atoms with Crippen LogP contribution in [0.1, 0.15) is 46.5 Å². The van der Waals surface area contributed by atoms with E-state index in [9.17, 15) is 19.8 Å². The summed E-state index contributed by atoms with van der Waals surface area (Å²) in [5, 5.41) is 19.8.